The van der Waals surface area contributed by atoms with Gasteiger partial charge in [0.05, 0.1) is 39.0 Å². The summed E-state index contributed by atoms with van der Waals surface area (Å²) >= 11 is 6.21. The van der Waals surface area contributed by atoms with Crippen LogP contribution in [0.1, 0.15) is 31.0 Å². The highest BCUT2D eigenvalue weighted by Crippen LogP contribution is 2.47. The maximum absolute atomic E-state index is 12.5. The highest BCUT2D eigenvalue weighted by atomic mass is 35.5. The summed E-state index contributed by atoms with van der Waals surface area (Å²) in [7, 11) is -1.17. The number of halogens is 1. The van der Waals surface area contributed by atoms with Crippen molar-refractivity contribution in [1.82, 2.24) is 4.90 Å². The fourth-order valence-electron chi connectivity index (χ4n) is 3.02. The molecular formula is C24H31ClNO4P. The first-order valence-corrected chi connectivity index (χ1v) is 12.5. The van der Waals surface area contributed by atoms with Gasteiger partial charge in [0, 0.05) is 5.02 Å². The van der Waals surface area contributed by atoms with E-state index < -0.39 is 7.60 Å². The summed E-state index contributed by atoms with van der Waals surface area (Å²) in [6.45, 7) is 5.73. The molecule has 31 heavy (non-hydrogen) atoms. The Labute approximate surface area is 191 Å². The lowest BCUT2D eigenvalue weighted by Crippen LogP contribution is -2.28. The Hall–Kier alpha value is -1.64. The van der Waals surface area contributed by atoms with E-state index in [9.17, 15) is 4.57 Å². The van der Waals surface area contributed by atoms with Crippen molar-refractivity contribution >= 4 is 19.2 Å². The van der Waals surface area contributed by atoms with Gasteiger partial charge in [-0.25, -0.2) is 0 Å². The van der Waals surface area contributed by atoms with Crippen molar-refractivity contribution in [2.75, 3.05) is 39.6 Å². The van der Waals surface area contributed by atoms with Gasteiger partial charge in [-0.2, -0.15) is 0 Å². The number of nitrogens with zero attached hydrogens (tertiary/aromatic N) is 1. The van der Waals surface area contributed by atoms with E-state index in [-0.39, 0.29) is 12.2 Å². The van der Waals surface area contributed by atoms with Crippen LogP contribution in [-0.4, -0.2) is 44.5 Å². The molecule has 0 saturated heterocycles. The number of rotatable bonds is 12. The summed E-state index contributed by atoms with van der Waals surface area (Å²) in [5.41, 5.74) is 2.18. The first kappa shape index (κ1) is 25.6. The van der Waals surface area contributed by atoms with Crippen molar-refractivity contribution in [3.05, 3.63) is 70.7 Å². The summed E-state index contributed by atoms with van der Waals surface area (Å²) in [6.07, 6.45) is 0.0782. The Bertz CT molecular complexity index is 887. The second-order valence-electron chi connectivity index (χ2n) is 6.94. The lowest BCUT2D eigenvalue weighted by Gasteiger charge is -2.27. The molecule has 0 aliphatic rings. The van der Waals surface area contributed by atoms with Crippen LogP contribution in [0, 0.1) is 11.8 Å². The molecule has 5 nitrogen and oxygen atoms in total. The molecule has 2 aromatic carbocycles. The van der Waals surface area contributed by atoms with Gasteiger partial charge in [0.2, 0.25) is 0 Å². The molecular weight excluding hydrogens is 433 g/mol. The van der Waals surface area contributed by atoms with Gasteiger partial charge < -0.3 is 13.8 Å². The van der Waals surface area contributed by atoms with Gasteiger partial charge in [-0.15, -0.1) is 0 Å². The zero-order valence-corrected chi connectivity index (χ0v) is 20.1. The van der Waals surface area contributed by atoms with E-state index >= 15 is 0 Å². The van der Waals surface area contributed by atoms with E-state index in [0.717, 1.165) is 11.1 Å². The second kappa shape index (κ2) is 13.7. The third-order valence-electron chi connectivity index (χ3n) is 4.53. The lowest BCUT2D eigenvalue weighted by molar-refractivity contribution is 0.0643. The quantitative estimate of drug-likeness (QED) is 0.294. The molecule has 0 spiro atoms. The van der Waals surface area contributed by atoms with Crippen molar-refractivity contribution in [3.63, 3.8) is 0 Å². The molecule has 2 rings (SSSR count). The van der Waals surface area contributed by atoms with Gasteiger partial charge in [-0.1, -0.05) is 65.9 Å². The number of ether oxygens (including phenoxy) is 1. The predicted molar refractivity (Wildman–Crippen MR) is 126 cm³/mol. The Kier molecular flexibility index (Phi) is 11.3. The molecule has 1 atom stereocenters. The summed E-state index contributed by atoms with van der Waals surface area (Å²) < 4.78 is 29.1. The number of likely N-dealkylation sites (N-methyl/N-ethyl adjacent to an activating group) is 1. The minimum absolute atomic E-state index is 0.0256. The van der Waals surface area contributed by atoms with Crippen LogP contribution in [0.25, 0.3) is 0 Å². The van der Waals surface area contributed by atoms with Crippen molar-refractivity contribution in [2.45, 2.75) is 26.5 Å². The molecule has 0 aliphatic heterocycles. The van der Waals surface area contributed by atoms with E-state index in [1.54, 1.807) is 13.8 Å². The average Bonchev–Trinajstić information content (AvgIpc) is 2.75. The lowest BCUT2D eigenvalue weighted by atomic mass is 10.1. The van der Waals surface area contributed by atoms with Crippen LogP contribution in [-0.2, 0) is 25.0 Å². The summed E-state index contributed by atoms with van der Waals surface area (Å²) in [5, 5.41) is 0.680. The molecule has 0 amide bonds. The van der Waals surface area contributed by atoms with Crippen LogP contribution in [0.2, 0.25) is 5.02 Å². The van der Waals surface area contributed by atoms with Gasteiger partial charge in [-0.05, 0) is 44.2 Å². The third kappa shape index (κ3) is 9.17. The van der Waals surface area contributed by atoms with Crippen LogP contribution in [0.15, 0.2) is 54.6 Å². The third-order valence-corrected chi connectivity index (χ3v) is 6.61. The molecule has 1 unspecified atom stereocenters. The predicted octanol–water partition coefficient (Wildman–Crippen LogP) is 5.80. The van der Waals surface area contributed by atoms with E-state index in [0.29, 0.717) is 38.0 Å². The summed E-state index contributed by atoms with van der Waals surface area (Å²) in [5.74, 6) is 6.04. The van der Waals surface area contributed by atoms with Gasteiger partial charge in [0.1, 0.15) is 6.16 Å². The van der Waals surface area contributed by atoms with E-state index in [1.165, 1.54) is 0 Å². The maximum Gasteiger partial charge on any atom is 0.342 e. The number of benzene rings is 2. The Morgan fingerprint density at radius 3 is 2.39 bits per heavy atom. The number of hydrogen-bond donors (Lipinski definition) is 0. The minimum atomic E-state index is -3.15. The fourth-order valence-corrected chi connectivity index (χ4v) is 4.57. The highest BCUT2D eigenvalue weighted by molar-refractivity contribution is 7.54. The molecule has 0 fully saturated rings. The Morgan fingerprint density at radius 2 is 1.74 bits per heavy atom. The van der Waals surface area contributed by atoms with Gasteiger partial charge in [0.25, 0.3) is 0 Å². The van der Waals surface area contributed by atoms with Crippen molar-refractivity contribution < 1.29 is 18.3 Å². The normalized spacial score (nSPS) is 12.4. The standard InChI is InChI=1S/C24H31ClNO4P/c1-4-29-31(27,30-5-2)17-10-9-16-26(3)24(22-14-11-15-23(25)18-22)20-28-19-21-12-7-6-8-13-21/h6-8,11-15,18,24H,4-5,16-17,19-20H2,1-3H3. The van der Waals surface area contributed by atoms with E-state index in [4.69, 9.17) is 25.4 Å². The van der Waals surface area contributed by atoms with Gasteiger partial charge in [0.15, 0.2) is 0 Å². The van der Waals surface area contributed by atoms with Crippen molar-refractivity contribution in [1.29, 1.82) is 0 Å². The molecule has 7 heteroatoms. The molecule has 0 aromatic heterocycles. The average molecular weight is 464 g/mol. The Balaban J connectivity index is 2.02. The van der Waals surface area contributed by atoms with Gasteiger partial charge >= 0.3 is 7.60 Å². The van der Waals surface area contributed by atoms with E-state index in [1.807, 2.05) is 61.6 Å². The van der Waals surface area contributed by atoms with Crippen molar-refractivity contribution in [3.8, 4) is 11.8 Å². The molecule has 168 valence electrons. The first-order chi connectivity index (χ1) is 15.0. The van der Waals surface area contributed by atoms with Crippen LogP contribution in [0.3, 0.4) is 0 Å². The second-order valence-corrected chi connectivity index (χ2v) is 9.44. The SMILES string of the molecule is CCOP(=O)(CC#CCN(C)C(COCc1ccccc1)c1cccc(Cl)c1)OCC. The number of hydrogen-bond acceptors (Lipinski definition) is 5. The van der Waals surface area contributed by atoms with Crippen LogP contribution in [0.5, 0.6) is 0 Å². The summed E-state index contributed by atoms with van der Waals surface area (Å²) in [4.78, 5) is 2.09. The topological polar surface area (TPSA) is 48.0 Å². The largest absolute Gasteiger partial charge is 0.375 e. The molecule has 0 N–H and O–H groups in total. The van der Waals surface area contributed by atoms with Crippen molar-refractivity contribution in [2.24, 2.45) is 0 Å². The monoisotopic (exact) mass is 463 g/mol. The Morgan fingerprint density at radius 1 is 1.03 bits per heavy atom. The summed E-state index contributed by atoms with van der Waals surface area (Å²) in [6, 6.07) is 17.8. The molecule has 2 aromatic rings. The molecule has 0 saturated carbocycles. The molecule has 0 bridgehead atoms. The zero-order valence-electron chi connectivity index (χ0n) is 18.4. The van der Waals surface area contributed by atoms with Gasteiger partial charge in [-0.3, -0.25) is 9.46 Å². The first-order valence-electron chi connectivity index (χ1n) is 10.4. The van der Waals surface area contributed by atoms with Crippen LogP contribution < -0.4 is 0 Å². The maximum atomic E-state index is 12.5. The highest BCUT2D eigenvalue weighted by Gasteiger charge is 2.22. The smallest absolute Gasteiger partial charge is 0.342 e. The zero-order chi connectivity index (χ0) is 22.5. The van der Waals surface area contributed by atoms with E-state index in [2.05, 4.69) is 16.7 Å². The molecule has 0 radical (unpaired) electrons. The minimum Gasteiger partial charge on any atom is -0.375 e. The molecule has 0 heterocycles. The van der Waals surface area contributed by atoms with Crippen LogP contribution >= 0.6 is 19.2 Å². The fraction of sp³-hybridized carbons (Fsp3) is 0.417. The van der Waals surface area contributed by atoms with Crippen LogP contribution in [0.4, 0.5) is 0 Å². The molecule has 0 aliphatic carbocycles.